The van der Waals surface area contributed by atoms with Crippen molar-refractivity contribution in [1.29, 1.82) is 0 Å². The molecular formula is C12H17ClN2O2S. The molecule has 1 amide bonds. The number of para-hydroxylation sites is 1. The van der Waals surface area contributed by atoms with Crippen LogP contribution in [0.1, 0.15) is 5.56 Å². The molecule has 6 heteroatoms. The molecule has 1 fully saturated rings. The molecule has 1 aliphatic rings. The van der Waals surface area contributed by atoms with Gasteiger partial charge >= 0.3 is 0 Å². The number of carbonyl (C=O) groups is 1. The second-order valence-corrected chi connectivity index (χ2v) is 4.83. The molecular weight excluding hydrogens is 272 g/mol. The van der Waals surface area contributed by atoms with E-state index in [-0.39, 0.29) is 24.4 Å². The number of hydrogen-bond donors (Lipinski definition) is 2. The van der Waals surface area contributed by atoms with Crippen LogP contribution >= 0.6 is 24.2 Å². The van der Waals surface area contributed by atoms with E-state index in [2.05, 4.69) is 10.6 Å². The molecule has 1 aromatic rings. The summed E-state index contributed by atoms with van der Waals surface area (Å²) in [5, 5.41) is 6.06. The molecule has 1 aliphatic heterocycles. The van der Waals surface area contributed by atoms with Gasteiger partial charge in [-0.25, -0.2) is 0 Å². The normalized spacial score (nSPS) is 17.9. The Bertz CT molecular complexity index is 397. The molecule has 1 saturated heterocycles. The first-order valence-corrected chi connectivity index (χ1v) is 6.67. The van der Waals surface area contributed by atoms with Crippen LogP contribution in [-0.2, 0) is 11.3 Å². The third-order valence-corrected chi connectivity index (χ3v) is 3.62. The summed E-state index contributed by atoms with van der Waals surface area (Å²) in [6.45, 7) is 0.506. The molecule has 1 unspecified atom stereocenters. The number of ether oxygens (including phenoxy) is 1. The summed E-state index contributed by atoms with van der Waals surface area (Å²) in [5.74, 6) is 2.56. The summed E-state index contributed by atoms with van der Waals surface area (Å²) >= 11 is 1.74. The summed E-state index contributed by atoms with van der Waals surface area (Å²) in [6, 6.07) is 7.64. The van der Waals surface area contributed by atoms with Crippen molar-refractivity contribution in [1.82, 2.24) is 10.6 Å². The minimum Gasteiger partial charge on any atom is -0.496 e. The fourth-order valence-electron chi connectivity index (χ4n) is 1.72. The van der Waals surface area contributed by atoms with Gasteiger partial charge in [0.25, 0.3) is 0 Å². The standard InChI is InChI=1S/C12H16N2O2S.ClH/c1-16-11-5-3-2-4-9(11)6-13-12(15)10-7-17-8-14-10;/h2-5,10,14H,6-8H2,1H3,(H,13,15);1H. The number of rotatable bonds is 4. The quantitative estimate of drug-likeness (QED) is 0.879. The van der Waals surface area contributed by atoms with Crippen LogP contribution in [-0.4, -0.2) is 30.7 Å². The van der Waals surface area contributed by atoms with Crippen molar-refractivity contribution in [3.8, 4) is 5.75 Å². The van der Waals surface area contributed by atoms with Gasteiger partial charge in [0.15, 0.2) is 0 Å². The van der Waals surface area contributed by atoms with Crippen molar-refractivity contribution in [2.24, 2.45) is 0 Å². The molecule has 1 atom stereocenters. The monoisotopic (exact) mass is 288 g/mol. The lowest BCUT2D eigenvalue weighted by atomic mass is 10.2. The lowest BCUT2D eigenvalue weighted by molar-refractivity contribution is -0.122. The maximum Gasteiger partial charge on any atom is 0.238 e. The molecule has 1 heterocycles. The zero-order valence-corrected chi connectivity index (χ0v) is 11.8. The Morgan fingerprint density at radius 2 is 2.33 bits per heavy atom. The third-order valence-electron chi connectivity index (χ3n) is 2.68. The summed E-state index contributed by atoms with van der Waals surface area (Å²) in [6.07, 6.45) is 0. The van der Waals surface area contributed by atoms with Crippen molar-refractivity contribution in [3.63, 3.8) is 0 Å². The minimum absolute atomic E-state index is 0. The number of nitrogens with one attached hydrogen (secondary N) is 2. The van der Waals surface area contributed by atoms with Gasteiger partial charge in [0.05, 0.1) is 13.2 Å². The Morgan fingerprint density at radius 3 is 3.00 bits per heavy atom. The number of thioether (sulfide) groups is 1. The van der Waals surface area contributed by atoms with Crippen LogP contribution < -0.4 is 15.4 Å². The van der Waals surface area contributed by atoms with Crippen molar-refractivity contribution in [2.45, 2.75) is 12.6 Å². The van der Waals surface area contributed by atoms with Gasteiger partial charge in [0.2, 0.25) is 5.91 Å². The van der Waals surface area contributed by atoms with E-state index in [0.717, 1.165) is 22.9 Å². The number of hydrogen-bond acceptors (Lipinski definition) is 4. The first kappa shape index (κ1) is 15.1. The van der Waals surface area contributed by atoms with Crippen LogP contribution in [0.2, 0.25) is 0 Å². The van der Waals surface area contributed by atoms with Crippen LogP contribution in [0, 0.1) is 0 Å². The van der Waals surface area contributed by atoms with Crippen molar-refractivity contribution < 1.29 is 9.53 Å². The Labute approximate surface area is 117 Å². The highest BCUT2D eigenvalue weighted by molar-refractivity contribution is 7.99. The Morgan fingerprint density at radius 1 is 1.56 bits per heavy atom. The first-order chi connectivity index (χ1) is 8.31. The number of methoxy groups -OCH3 is 1. The fraction of sp³-hybridized carbons (Fsp3) is 0.417. The van der Waals surface area contributed by atoms with Gasteiger partial charge in [-0.1, -0.05) is 18.2 Å². The topological polar surface area (TPSA) is 50.4 Å². The van der Waals surface area contributed by atoms with Crippen LogP contribution in [0.3, 0.4) is 0 Å². The maximum atomic E-state index is 11.8. The molecule has 18 heavy (non-hydrogen) atoms. The van der Waals surface area contributed by atoms with Crippen LogP contribution in [0.15, 0.2) is 24.3 Å². The Balaban J connectivity index is 0.00000162. The van der Waals surface area contributed by atoms with Gasteiger partial charge < -0.3 is 10.1 Å². The average molecular weight is 289 g/mol. The molecule has 0 radical (unpaired) electrons. The molecule has 0 aliphatic carbocycles. The predicted molar refractivity (Wildman–Crippen MR) is 76.3 cm³/mol. The summed E-state index contributed by atoms with van der Waals surface area (Å²) in [7, 11) is 1.63. The van der Waals surface area contributed by atoms with Crippen molar-refractivity contribution >= 4 is 30.1 Å². The van der Waals surface area contributed by atoms with E-state index in [0.29, 0.717) is 6.54 Å². The van der Waals surface area contributed by atoms with Crippen molar-refractivity contribution in [3.05, 3.63) is 29.8 Å². The first-order valence-electron chi connectivity index (χ1n) is 5.52. The van der Waals surface area contributed by atoms with E-state index in [9.17, 15) is 4.79 Å². The van der Waals surface area contributed by atoms with Gasteiger partial charge in [0.1, 0.15) is 5.75 Å². The number of amides is 1. The lowest BCUT2D eigenvalue weighted by Crippen LogP contribution is -2.41. The Kier molecular flexibility index (Phi) is 6.32. The van der Waals surface area contributed by atoms with Gasteiger partial charge in [-0.2, -0.15) is 0 Å². The van der Waals surface area contributed by atoms with E-state index in [1.807, 2.05) is 24.3 Å². The number of benzene rings is 1. The van der Waals surface area contributed by atoms with Crippen molar-refractivity contribution in [2.75, 3.05) is 18.7 Å². The smallest absolute Gasteiger partial charge is 0.238 e. The molecule has 4 nitrogen and oxygen atoms in total. The zero-order valence-electron chi connectivity index (χ0n) is 10.1. The van der Waals surface area contributed by atoms with E-state index < -0.39 is 0 Å². The molecule has 100 valence electrons. The van der Waals surface area contributed by atoms with Crippen LogP contribution in [0.5, 0.6) is 5.75 Å². The van der Waals surface area contributed by atoms with Gasteiger partial charge in [-0.15, -0.1) is 24.2 Å². The summed E-state index contributed by atoms with van der Waals surface area (Å²) < 4.78 is 5.23. The zero-order chi connectivity index (χ0) is 12.1. The molecule has 2 N–H and O–H groups in total. The molecule has 0 bridgehead atoms. The molecule has 0 aromatic heterocycles. The lowest BCUT2D eigenvalue weighted by Gasteiger charge is -2.12. The Hall–Kier alpha value is -0.910. The second-order valence-electron chi connectivity index (χ2n) is 3.80. The van der Waals surface area contributed by atoms with Gasteiger partial charge in [-0.3, -0.25) is 10.1 Å². The third kappa shape index (κ3) is 3.80. The van der Waals surface area contributed by atoms with E-state index in [4.69, 9.17) is 4.74 Å². The fourth-order valence-corrected chi connectivity index (χ4v) is 2.66. The number of halogens is 1. The molecule has 1 aromatic carbocycles. The average Bonchev–Trinajstić information content (AvgIpc) is 2.90. The van der Waals surface area contributed by atoms with E-state index in [1.54, 1.807) is 18.9 Å². The predicted octanol–water partition coefficient (Wildman–Crippen LogP) is 1.40. The molecule has 2 rings (SSSR count). The summed E-state index contributed by atoms with van der Waals surface area (Å²) in [4.78, 5) is 11.8. The molecule has 0 saturated carbocycles. The van der Waals surface area contributed by atoms with Crippen LogP contribution in [0.4, 0.5) is 0 Å². The highest BCUT2D eigenvalue weighted by Gasteiger charge is 2.22. The van der Waals surface area contributed by atoms with E-state index >= 15 is 0 Å². The van der Waals surface area contributed by atoms with Gasteiger partial charge in [-0.05, 0) is 6.07 Å². The van der Waals surface area contributed by atoms with Crippen LogP contribution in [0.25, 0.3) is 0 Å². The highest BCUT2D eigenvalue weighted by atomic mass is 35.5. The SMILES string of the molecule is COc1ccccc1CNC(=O)C1CSCN1.Cl. The largest absolute Gasteiger partial charge is 0.496 e. The van der Waals surface area contributed by atoms with E-state index in [1.165, 1.54) is 0 Å². The minimum atomic E-state index is -0.0605. The molecule has 0 spiro atoms. The summed E-state index contributed by atoms with van der Waals surface area (Å²) in [5.41, 5.74) is 0.994. The maximum absolute atomic E-state index is 11.8. The second kappa shape index (κ2) is 7.51. The highest BCUT2D eigenvalue weighted by Crippen LogP contribution is 2.17. The number of carbonyl (C=O) groups excluding carboxylic acids is 1. The van der Waals surface area contributed by atoms with Gasteiger partial charge in [0, 0.05) is 23.7 Å².